The van der Waals surface area contributed by atoms with Gasteiger partial charge in [-0.15, -0.1) is 0 Å². The number of hydrogen-bond acceptors (Lipinski definition) is 3. The van der Waals surface area contributed by atoms with E-state index in [0.29, 0.717) is 19.5 Å². The summed E-state index contributed by atoms with van der Waals surface area (Å²) in [5.74, 6) is -0.0141. The highest BCUT2D eigenvalue weighted by molar-refractivity contribution is 5.72. The molecule has 0 bridgehead atoms. The average Bonchev–Trinajstić information content (AvgIpc) is 2.58. The van der Waals surface area contributed by atoms with Crippen LogP contribution in [-0.4, -0.2) is 55.1 Å². The van der Waals surface area contributed by atoms with E-state index >= 15 is 0 Å². The molecule has 4 nitrogen and oxygen atoms in total. The van der Waals surface area contributed by atoms with E-state index in [0.717, 1.165) is 32.1 Å². The molecule has 0 aromatic carbocycles. The largest absolute Gasteiger partial charge is 0.462 e. The average molecular weight is 329 g/mol. The van der Waals surface area contributed by atoms with E-state index in [2.05, 4.69) is 5.32 Å². The molecule has 3 aliphatic rings. The molecule has 131 valence electrons. The van der Waals surface area contributed by atoms with Crippen molar-refractivity contribution < 1.29 is 18.3 Å². The predicted octanol–water partition coefficient (Wildman–Crippen LogP) is 2.58. The maximum Gasteiger partial charge on any atom is 0.309 e. The van der Waals surface area contributed by atoms with Gasteiger partial charge in [0.05, 0.1) is 12.1 Å². The highest BCUT2D eigenvalue weighted by atomic mass is 19.2. The van der Waals surface area contributed by atoms with Gasteiger partial charge in [-0.2, -0.15) is 0 Å². The molecule has 4 unspecified atom stereocenters. The Morgan fingerprint density at radius 1 is 1.04 bits per heavy atom. The second-order valence-electron chi connectivity index (χ2n) is 7.12. The van der Waals surface area contributed by atoms with Crippen molar-refractivity contribution in [3.05, 3.63) is 0 Å². The number of rotatable bonds is 3. The first-order valence-corrected chi connectivity index (χ1v) is 9.03. The molecular formula is C17H27F2N2O2. The van der Waals surface area contributed by atoms with Crippen molar-refractivity contribution in [3.8, 4) is 0 Å². The molecule has 23 heavy (non-hydrogen) atoms. The minimum absolute atomic E-state index is 0.0542. The first-order valence-electron chi connectivity index (χ1n) is 9.03. The van der Waals surface area contributed by atoms with Crippen LogP contribution >= 0.6 is 0 Å². The van der Waals surface area contributed by atoms with Gasteiger partial charge < -0.3 is 4.74 Å². The molecule has 2 aliphatic heterocycles. The van der Waals surface area contributed by atoms with Crippen molar-refractivity contribution in [1.29, 1.82) is 0 Å². The molecule has 1 radical (unpaired) electrons. The number of piperidine rings is 2. The normalized spacial score (nSPS) is 37.5. The zero-order chi connectivity index (χ0) is 16.2. The molecule has 0 amide bonds. The SMILES string of the molecule is O=C(OC1CC[N]C(N2CCC(F)C(F)C2)C1)C1CCCCC1. The van der Waals surface area contributed by atoms with Crippen molar-refractivity contribution in [3.63, 3.8) is 0 Å². The van der Waals surface area contributed by atoms with Gasteiger partial charge in [0.1, 0.15) is 18.4 Å². The minimum Gasteiger partial charge on any atom is -0.462 e. The van der Waals surface area contributed by atoms with Gasteiger partial charge in [-0.1, -0.05) is 19.3 Å². The van der Waals surface area contributed by atoms with Gasteiger partial charge in [0.2, 0.25) is 0 Å². The van der Waals surface area contributed by atoms with Crippen LogP contribution in [0.1, 0.15) is 51.4 Å². The molecule has 2 saturated heterocycles. The van der Waals surface area contributed by atoms with Gasteiger partial charge >= 0.3 is 5.97 Å². The summed E-state index contributed by atoms with van der Waals surface area (Å²) in [5, 5.41) is 4.53. The quantitative estimate of drug-likeness (QED) is 0.748. The monoisotopic (exact) mass is 329 g/mol. The molecule has 0 aromatic heterocycles. The van der Waals surface area contributed by atoms with Gasteiger partial charge in [0.15, 0.2) is 0 Å². The Morgan fingerprint density at radius 2 is 1.83 bits per heavy atom. The second kappa shape index (κ2) is 7.88. The number of alkyl halides is 2. The van der Waals surface area contributed by atoms with Crippen molar-refractivity contribution in [2.24, 2.45) is 5.92 Å². The van der Waals surface area contributed by atoms with Crippen LogP contribution in [0.15, 0.2) is 0 Å². The summed E-state index contributed by atoms with van der Waals surface area (Å²) in [6, 6.07) is 0. The summed E-state index contributed by atoms with van der Waals surface area (Å²) in [6.07, 6.45) is 3.83. The van der Waals surface area contributed by atoms with Crippen molar-refractivity contribution in [1.82, 2.24) is 10.2 Å². The first kappa shape index (κ1) is 17.1. The van der Waals surface area contributed by atoms with Crippen LogP contribution in [0.4, 0.5) is 8.78 Å². The molecule has 1 saturated carbocycles. The van der Waals surface area contributed by atoms with E-state index in [1.807, 2.05) is 4.90 Å². The Hall–Kier alpha value is -0.750. The Bertz CT molecular complexity index is 404. The first-order chi connectivity index (χ1) is 11.1. The van der Waals surface area contributed by atoms with Crippen molar-refractivity contribution in [2.75, 3.05) is 19.6 Å². The number of halogens is 2. The lowest BCUT2D eigenvalue weighted by atomic mass is 9.89. The molecule has 4 atom stereocenters. The van der Waals surface area contributed by atoms with Crippen LogP contribution in [0.25, 0.3) is 0 Å². The van der Waals surface area contributed by atoms with E-state index < -0.39 is 12.3 Å². The van der Waals surface area contributed by atoms with Crippen LogP contribution < -0.4 is 5.32 Å². The fraction of sp³-hybridized carbons (Fsp3) is 0.941. The van der Waals surface area contributed by atoms with Crippen LogP contribution in [0.2, 0.25) is 0 Å². The van der Waals surface area contributed by atoms with Crippen molar-refractivity contribution >= 4 is 5.97 Å². The molecule has 0 aromatic rings. The fourth-order valence-corrected chi connectivity index (χ4v) is 3.94. The number of nitrogens with zero attached hydrogens (tertiary/aromatic N) is 2. The van der Waals surface area contributed by atoms with E-state index in [1.165, 1.54) is 6.42 Å². The molecule has 3 rings (SSSR count). The van der Waals surface area contributed by atoms with E-state index in [4.69, 9.17) is 4.74 Å². The third-order valence-electron chi connectivity index (χ3n) is 5.40. The zero-order valence-corrected chi connectivity index (χ0v) is 13.6. The molecule has 0 N–H and O–H groups in total. The lowest BCUT2D eigenvalue weighted by Crippen LogP contribution is -2.54. The number of ether oxygens (including phenoxy) is 1. The summed E-state index contributed by atoms with van der Waals surface area (Å²) < 4.78 is 32.6. The van der Waals surface area contributed by atoms with E-state index in [9.17, 15) is 13.6 Å². The summed E-state index contributed by atoms with van der Waals surface area (Å²) in [6.45, 7) is 1.25. The zero-order valence-electron chi connectivity index (χ0n) is 13.6. The summed E-state index contributed by atoms with van der Waals surface area (Å²) in [5.41, 5.74) is 0. The van der Waals surface area contributed by atoms with E-state index in [1.54, 1.807) is 0 Å². The van der Waals surface area contributed by atoms with Crippen LogP contribution in [0.3, 0.4) is 0 Å². The van der Waals surface area contributed by atoms with Gasteiger partial charge in [0.25, 0.3) is 0 Å². The lowest BCUT2D eigenvalue weighted by molar-refractivity contribution is -0.158. The maximum absolute atomic E-state index is 13.6. The number of carbonyl (C=O) groups is 1. The molecule has 1 aliphatic carbocycles. The third-order valence-corrected chi connectivity index (χ3v) is 5.40. The van der Waals surface area contributed by atoms with Crippen LogP contribution in [0.5, 0.6) is 0 Å². The van der Waals surface area contributed by atoms with Crippen LogP contribution in [0, 0.1) is 5.92 Å². The Labute approximate surface area is 136 Å². The minimum atomic E-state index is -1.43. The van der Waals surface area contributed by atoms with E-state index in [-0.39, 0.29) is 37.1 Å². The van der Waals surface area contributed by atoms with Gasteiger partial charge in [-0.05, 0) is 25.7 Å². The molecule has 6 heteroatoms. The maximum atomic E-state index is 13.6. The number of hydrogen-bond donors (Lipinski definition) is 0. The Morgan fingerprint density at radius 3 is 2.57 bits per heavy atom. The molecular weight excluding hydrogens is 302 g/mol. The van der Waals surface area contributed by atoms with Gasteiger partial charge in [0, 0.05) is 26.1 Å². The van der Waals surface area contributed by atoms with Crippen LogP contribution in [-0.2, 0) is 9.53 Å². The number of likely N-dealkylation sites (tertiary alicyclic amines) is 1. The third kappa shape index (κ3) is 4.41. The summed E-state index contributed by atoms with van der Waals surface area (Å²) in [7, 11) is 0. The Kier molecular flexibility index (Phi) is 5.85. The predicted molar refractivity (Wildman–Crippen MR) is 82.5 cm³/mol. The molecule has 0 spiro atoms. The molecule has 3 fully saturated rings. The number of esters is 1. The Balaban J connectivity index is 1.49. The summed E-state index contributed by atoms with van der Waals surface area (Å²) in [4.78, 5) is 14.2. The number of carbonyl (C=O) groups excluding carboxylic acids is 1. The topological polar surface area (TPSA) is 43.6 Å². The van der Waals surface area contributed by atoms with Crippen molar-refractivity contribution in [2.45, 2.75) is 76.0 Å². The molecule has 2 heterocycles. The second-order valence-corrected chi connectivity index (χ2v) is 7.12. The van der Waals surface area contributed by atoms with Gasteiger partial charge in [-0.3, -0.25) is 9.69 Å². The standard InChI is InChI=1S/C17H27F2N2O2/c18-14-7-9-21(11-15(14)19)16-10-13(6-8-20-16)23-17(22)12-4-2-1-3-5-12/h12-16H,1-11H2. The fourth-order valence-electron chi connectivity index (χ4n) is 3.94. The van der Waals surface area contributed by atoms with Gasteiger partial charge in [-0.25, -0.2) is 14.1 Å². The smallest absolute Gasteiger partial charge is 0.309 e. The highest BCUT2D eigenvalue weighted by Gasteiger charge is 2.36. The lowest BCUT2D eigenvalue weighted by Gasteiger charge is -2.40. The highest BCUT2D eigenvalue weighted by Crippen LogP contribution is 2.27. The summed E-state index contributed by atoms with van der Waals surface area (Å²) >= 11 is 0.